The van der Waals surface area contributed by atoms with E-state index in [0.717, 1.165) is 25.5 Å². The zero-order chi connectivity index (χ0) is 15.8. The lowest BCUT2D eigenvalue weighted by atomic mass is 9.83. The zero-order valence-corrected chi connectivity index (χ0v) is 15.4. The summed E-state index contributed by atoms with van der Waals surface area (Å²) in [4.78, 5) is 5.73. The van der Waals surface area contributed by atoms with Crippen molar-refractivity contribution in [1.82, 2.24) is 4.98 Å². The van der Waals surface area contributed by atoms with Crippen molar-refractivity contribution in [1.29, 1.82) is 0 Å². The van der Waals surface area contributed by atoms with E-state index < -0.39 is 0 Å². The van der Waals surface area contributed by atoms with Crippen LogP contribution in [0.15, 0.2) is 32.5 Å². The Kier molecular flexibility index (Phi) is 4.16. The van der Waals surface area contributed by atoms with Gasteiger partial charge in [0.25, 0.3) is 0 Å². The number of methoxy groups -OCH3 is 1. The summed E-state index contributed by atoms with van der Waals surface area (Å²) < 4.78 is 12.7. The van der Waals surface area contributed by atoms with E-state index in [2.05, 4.69) is 22.0 Å². The van der Waals surface area contributed by atoms with Crippen molar-refractivity contribution < 1.29 is 9.15 Å². The fourth-order valence-corrected chi connectivity index (χ4v) is 4.73. The van der Waals surface area contributed by atoms with Gasteiger partial charge in [-0.1, -0.05) is 19.3 Å². The highest BCUT2D eigenvalue weighted by Crippen LogP contribution is 2.40. The molecule has 3 nitrogen and oxygen atoms in total. The number of nitrogens with zero attached hydrogens (tertiary/aromatic N) is 1. The normalized spacial score (nSPS) is 16.1. The summed E-state index contributed by atoms with van der Waals surface area (Å²) in [6.45, 7) is 0. The van der Waals surface area contributed by atoms with Crippen LogP contribution < -0.4 is 4.74 Å². The molecule has 1 aliphatic rings. The van der Waals surface area contributed by atoms with E-state index >= 15 is 0 Å². The quantitative estimate of drug-likeness (QED) is 0.519. The molecule has 0 N–H and O–H groups in total. The van der Waals surface area contributed by atoms with E-state index in [9.17, 15) is 0 Å². The Labute approximate surface area is 147 Å². The first kappa shape index (κ1) is 15.2. The number of oxazole rings is 1. The Morgan fingerprint density at radius 2 is 2.04 bits per heavy atom. The number of thiophene rings is 1. The van der Waals surface area contributed by atoms with Gasteiger partial charge in [0.05, 0.1) is 15.8 Å². The minimum absolute atomic E-state index is 0.583. The monoisotopic (exact) mass is 391 g/mol. The van der Waals surface area contributed by atoms with Crippen molar-refractivity contribution in [3.63, 3.8) is 0 Å². The van der Waals surface area contributed by atoms with E-state index in [1.807, 2.05) is 18.2 Å². The summed E-state index contributed by atoms with van der Waals surface area (Å²) in [6.07, 6.45) is 6.44. The van der Waals surface area contributed by atoms with Crippen LogP contribution in [0.5, 0.6) is 5.75 Å². The van der Waals surface area contributed by atoms with Gasteiger partial charge in [0.1, 0.15) is 11.3 Å². The van der Waals surface area contributed by atoms with E-state index in [4.69, 9.17) is 14.1 Å². The van der Waals surface area contributed by atoms with Gasteiger partial charge in [-0.25, -0.2) is 4.98 Å². The summed E-state index contributed by atoms with van der Waals surface area (Å²) in [5.41, 5.74) is 3.00. The zero-order valence-electron chi connectivity index (χ0n) is 13.0. The number of hydrogen-bond acceptors (Lipinski definition) is 4. The average molecular weight is 392 g/mol. The number of ether oxygens (including phenoxy) is 1. The highest BCUT2D eigenvalue weighted by atomic mass is 79.9. The molecule has 0 unspecified atom stereocenters. The van der Waals surface area contributed by atoms with Crippen LogP contribution in [0.1, 0.15) is 43.6 Å². The largest absolute Gasteiger partial charge is 0.496 e. The van der Waals surface area contributed by atoms with Crippen LogP contribution in [0.4, 0.5) is 0 Å². The van der Waals surface area contributed by atoms with E-state index in [0.29, 0.717) is 11.8 Å². The number of benzene rings is 1. The molecule has 0 bridgehead atoms. The summed E-state index contributed by atoms with van der Waals surface area (Å²) >= 11 is 5.12. The molecule has 1 fully saturated rings. The molecule has 1 aromatic carbocycles. The second-order valence-corrected chi connectivity index (χ2v) is 8.48. The van der Waals surface area contributed by atoms with Crippen LogP contribution >= 0.6 is 27.3 Å². The van der Waals surface area contributed by atoms with Crippen molar-refractivity contribution >= 4 is 38.4 Å². The van der Waals surface area contributed by atoms with Crippen molar-refractivity contribution in [2.75, 3.05) is 7.11 Å². The summed E-state index contributed by atoms with van der Waals surface area (Å²) in [5, 5.41) is 0. The maximum absolute atomic E-state index is 5.95. The number of fused-ring (bicyclic) bond motifs is 1. The maximum atomic E-state index is 5.95. The molecule has 0 radical (unpaired) electrons. The lowest BCUT2D eigenvalue weighted by Gasteiger charge is -2.23. The fraction of sp³-hybridized carbons (Fsp3) is 0.389. The van der Waals surface area contributed by atoms with Crippen LogP contribution in [0.3, 0.4) is 0 Å². The Morgan fingerprint density at radius 3 is 2.74 bits per heavy atom. The lowest BCUT2D eigenvalue weighted by molar-refractivity contribution is 0.387. The van der Waals surface area contributed by atoms with Gasteiger partial charge in [0.2, 0.25) is 5.89 Å². The first-order valence-corrected chi connectivity index (χ1v) is 9.60. The molecular formula is C18H18BrNO2S. The van der Waals surface area contributed by atoms with Gasteiger partial charge < -0.3 is 9.15 Å². The molecule has 4 rings (SSSR count). The second kappa shape index (κ2) is 6.29. The number of rotatable bonds is 3. The number of aromatic nitrogens is 1. The highest BCUT2D eigenvalue weighted by Gasteiger charge is 2.21. The van der Waals surface area contributed by atoms with Gasteiger partial charge >= 0.3 is 0 Å². The molecule has 5 heteroatoms. The molecule has 1 saturated carbocycles. The molecule has 2 aromatic heterocycles. The van der Waals surface area contributed by atoms with E-state index in [-0.39, 0.29) is 0 Å². The summed E-state index contributed by atoms with van der Waals surface area (Å²) in [6, 6.07) is 8.21. The topological polar surface area (TPSA) is 35.3 Å². The Bertz CT molecular complexity index is 833. The molecular weight excluding hydrogens is 374 g/mol. The molecule has 0 amide bonds. The van der Waals surface area contributed by atoms with Crippen molar-refractivity contribution in [3.8, 4) is 16.5 Å². The predicted octanol–water partition coefficient (Wildman–Crippen LogP) is 6.38. The summed E-state index contributed by atoms with van der Waals surface area (Å²) in [5.74, 6) is 2.19. The smallest absolute Gasteiger partial charge is 0.237 e. The van der Waals surface area contributed by atoms with Gasteiger partial charge in [-0.2, -0.15) is 0 Å². The lowest BCUT2D eigenvalue weighted by Crippen LogP contribution is -2.06. The molecule has 2 heterocycles. The van der Waals surface area contributed by atoms with Crippen LogP contribution in [-0.2, 0) is 0 Å². The molecule has 0 spiro atoms. The van der Waals surface area contributed by atoms with Crippen molar-refractivity contribution in [2.45, 2.75) is 38.0 Å². The van der Waals surface area contributed by atoms with Gasteiger partial charge in [-0.15, -0.1) is 11.3 Å². The van der Waals surface area contributed by atoms with Crippen LogP contribution in [0, 0.1) is 0 Å². The van der Waals surface area contributed by atoms with Crippen molar-refractivity contribution in [3.05, 3.63) is 33.6 Å². The first-order valence-electron chi connectivity index (χ1n) is 7.99. The van der Waals surface area contributed by atoms with Crippen LogP contribution in [0.2, 0.25) is 0 Å². The van der Waals surface area contributed by atoms with Gasteiger partial charge in [-0.05, 0) is 58.5 Å². The van der Waals surface area contributed by atoms with Crippen LogP contribution in [0.25, 0.3) is 21.9 Å². The fourth-order valence-electron chi connectivity index (χ4n) is 3.42. The van der Waals surface area contributed by atoms with E-state index in [1.165, 1.54) is 37.7 Å². The summed E-state index contributed by atoms with van der Waals surface area (Å²) in [7, 11) is 1.74. The molecule has 3 aromatic rings. The minimum atomic E-state index is 0.583. The van der Waals surface area contributed by atoms with Crippen molar-refractivity contribution in [2.24, 2.45) is 0 Å². The molecule has 120 valence electrons. The van der Waals surface area contributed by atoms with Gasteiger partial charge in [0.15, 0.2) is 5.58 Å². The van der Waals surface area contributed by atoms with Gasteiger partial charge in [0, 0.05) is 6.07 Å². The first-order chi connectivity index (χ1) is 11.2. The predicted molar refractivity (Wildman–Crippen MR) is 97.4 cm³/mol. The standard InChI is InChI=1S/C18H18BrNO2S/c1-21-14-10-15-13(9-12(14)11-5-3-2-4-6-11)20-18(22-15)16-7-8-17(19)23-16/h7-11H,2-6H2,1H3. The minimum Gasteiger partial charge on any atom is -0.496 e. The number of hydrogen-bond donors (Lipinski definition) is 0. The Hall–Kier alpha value is -1.33. The highest BCUT2D eigenvalue weighted by molar-refractivity contribution is 9.11. The maximum Gasteiger partial charge on any atom is 0.237 e. The SMILES string of the molecule is COc1cc2oc(-c3ccc(Br)s3)nc2cc1C1CCCCC1. The van der Waals surface area contributed by atoms with E-state index in [1.54, 1.807) is 18.4 Å². The Morgan fingerprint density at radius 1 is 1.22 bits per heavy atom. The molecule has 0 atom stereocenters. The molecule has 23 heavy (non-hydrogen) atoms. The third-order valence-corrected chi connectivity index (χ3v) is 6.18. The van der Waals surface area contributed by atoms with Crippen LogP contribution in [-0.4, -0.2) is 12.1 Å². The average Bonchev–Trinajstić information content (AvgIpc) is 3.19. The second-order valence-electron chi connectivity index (χ2n) is 6.02. The Balaban J connectivity index is 1.78. The molecule has 0 saturated heterocycles. The number of halogens is 1. The molecule has 0 aliphatic heterocycles. The molecule has 1 aliphatic carbocycles. The third kappa shape index (κ3) is 2.92. The van der Waals surface area contributed by atoms with Gasteiger partial charge in [-0.3, -0.25) is 0 Å². The third-order valence-electron chi connectivity index (χ3n) is 4.57.